The Labute approximate surface area is 122 Å². The van der Waals surface area contributed by atoms with Crippen LogP contribution in [-0.2, 0) is 4.79 Å². The molecule has 108 valence electrons. The Hall–Kier alpha value is -2.69. The SMILES string of the molecule is O=C(CCOc1ccccc1)Nc1ccc2c(c1)OCO2. The van der Waals surface area contributed by atoms with E-state index in [4.69, 9.17) is 14.2 Å². The average molecular weight is 285 g/mol. The average Bonchev–Trinajstić information content (AvgIpc) is 2.96. The smallest absolute Gasteiger partial charge is 0.231 e. The first kappa shape index (κ1) is 13.3. The Morgan fingerprint density at radius 1 is 1.10 bits per heavy atom. The summed E-state index contributed by atoms with van der Waals surface area (Å²) in [5, 5.41) is 2.80. The molecule has 0 saturated heterocycles. The van der Waals surface area contributed by atoms with Crippen molar-refractivity contribution in [2.24, 2.45) is 0 Å². The van der Waals surface area contributed by atoms with Gasteiger partial charge in [0.2, 0.25) is 12.7 Å². The summed E-state index contributed by atoms with van der Waals surface area (Å²) < 4.78 is 16.0. The number of carbonyl (C=O) groups excluding carboxylic acids is 1. The molecule has 1 aliphatic rings. The normalized spacial score (nSPS) is 12.0. The Bertz CT molecular complexity index is 627. The summed E-state index contributed by atoms with van der Waals surface area (Å²) in [7, 11) is 0. The molecule has 0 bridgehead atoms. The molecule has 21 heavy (non-hydrogen) atoms. The van der Waals surface area contributed by atoms with Crippen LogP contribution in [0, 0.1) is 0 Å². The molecule has 2 aromatic carbocycles. The van der Waals surface area contributed by atoms with Crippen LogP contribution in [0.3, 0.4) is 0 Å². The van der Waals surface area contributed by atoms with Gasteiger partial charge in [0.1, 0.15) is 5.75 Å². The number of hydrogen-bond donors (Lipinski definition) is 1. The van der Waals surface area contributed by atoms with Crippen LogP contribution in [-0.4, -0.2) is 19.3 Å². The predicted octanol–water partition coefficient (Wildman–Crippen LogP) is 2.82. The van der Waals surface area contributed by atoms with E-state index in [1.54, 1.807) is 18.2 Å². The van der Waals surface area contributed by atoms with E-state index in [2.05, 4.69) is 5.32 Å². The number of amides is 1. The standard InChI is InChI=1S/C16H15NO4/c18-16(8-9-19-13-4-2-1-3-5-13)17-12-6-7-14-15(10-12)21-11-20-14/h1-7,10H,8-9,11H2,(H,17,18). The van der Waals surface area contributed by atoms with Gasteiger partial charge in [-0.25, -0.2) is 0 Å². The quantitative estimate of drug-likeness (QED) is 0.917. The largest absolute Gasteiger partial charge is 0.493 e. The number of benzene rings is 2. The molecular weight excluding hydrogens is 270 g/mol. The predicted molar refractivity (Wildman–Crippen MR) is 77.7 cm³/mol. The zero-order valence-corrected chi connectivity index (χ0v) is 11.4. The van der Waals surface area contributed by atoms with Crippen molar-refractivity contribution in [2.75, 3.05) is 18.7 Å². The molecule has 0 spiro atoms. The Kier molecular flexibility index (Phi) is 3.91. The molecule has 0 atom stereocenters. The highest BCUT2D eigenvalue weighted by atomic mass is 16.7. The second-order valence-electron chi connectivity index (χ2n) is 4.53. The monoisotopic (exact) mass is 285 g/mol. The molecule has 2 aromatic rings. The molecule has 1 heterocycles. The van der Waals surface area contributed by atoms with Gasteiger partial charge in [0.05, 0.1) is 13.0 Å². The lowest BCUT2D eigenvalue weighted by molar-refractivity contribution is -0.116. The lowest BCUT2D eigenvalue weighted by Gasteiger charge is -2.07. The maximum Gasteiger partial charge on any atom is 0.231 e. The molecule has 0 aromatic heterocycles. The lowest BCUT2D eigenvalue weighted by atomic mass is 10.2. The van der Waals surface area contributed by atoms with Gasteiger partial charge in [0, 0.05) is 11.8 Å². The van der Waals surface area contributed by atoms with Gasteiger partial charge < -0.3 is 19.5 Å². The summed E-state index contributed by atoms with van der Waals surface area (Å²) in [6, 6.07) is 14.7. The van der Waals surface area contributed by atoms with E-state index in [1.807, 2.05) is 30.3 Å². The summed E-state index contributed by atoms with van der Waals surface area (Å²) in [5.74, 6) is 1.99. The fourth-order valence-corrected chi connectivity index (χ4v) is 1.98. The Morgan fingerprint density at radius 3 is 2.76 bits per heavy atom. The molecule has 5 heteroatoms. The van der Waals surface area contributed by atoms with Crippen molar-refractivity contribution in [1.29, 1.82) is 0 Å². The first-order chi connectivity index (χ1) is 10.3. The van der Waals surface area contributed by atoms with Gasteiger partial charge in [0.25, 0.3) is 0 Å². The van der Waals surface area contributed by atoms with Crippen molar-refractivity contribution in [3.63, 3.8) is 0 Å². The third kappa shape index (κ3) is 3.45. The van der Waals surface area contributed by atoms with Crippen molar-refractivity contribution in [1.82, 2.24) is 0 Å². The molecule has 3 rings (SSSR count). The van der Waals surface area contributed by atoms with Gasteiger partial charge in [-0.05, 0) is 24.3 Å². The molecule has 0 fully saturated rings. The molecule has 5 nitrogen and oxygen atoms in total. The minimum atomic E-state index is -0.107. The van der Waals surface area contributed by atoms with Crippen molar-refractivity contribution < 1.29 is 19.0 Å². The maximum atomic E-state index is 11.8. The second-order valence-corrected chi connectivity index (χ2v) is 4.53. The van der Waals surface area contributed by atoms with Crippen LogP contribution in [0.5, 0.6) is 17.2 Å². The summed E-state index contributed by atoms with van der Waals surface area (Å²) in [5.41, 5.74) is 0.684. The van der Waals surface area contributed by atoms with Gasteiger partial charge in [-0.15, -0.1) is 0 Å². The van der Waals surface area contributed by atoms with E-state index >= 15 is 0 Å². The molecule has 1 N–H and O–H groups in total. The van der Waals surface area contributed by atoms with Gasteiger partial charge in [-0.1, -0.05) is 18.2 Å². The lowest BCUT2D eigenvalue weighted by Crippen LogP contribution is -2.15. The van der Waals surface area contributed by atoms with E-state index in [0.29, 0.717) is 23.8 Å². The number of para-hydroxylation sites is 1. The fourth-order valence-electron chi connectivity index (χ4n) is 1.98. The van der Waals surface area contributed by atoms with Crippen molar-refractivity contribution in [3.8, 4) is 17.2 Å². The molecule has 0 saturated carbocycles. The second kappa shape index (κ2) is 6.17. The third-order valence-corrected chi connectivity index (χ3v) is 3.00. The summed E-state index contributed by atoms with van der Waals surface area (Å²) in [6.07, 6.45) is 0.281. The topological polar surface area (TPSA) is 56.8 Å². The molecule has 1 aliphatic heterocycles. The zero-order valence-electron chi connectivity index (χ0n) is 11.4. The van der Waals surface area contributed by atoms with Crippen LogP contribution in [0.4, 0.5) is 5.69 Å². The van der Waals surface area contributed by atoms with E-state index in [1.165, 1.54) is 0 Å². The first-order valence-electron chi connectivity index (χ1n) is 6.68. The number of hydrogen-bond acceptors (Lipinski definition) is 4. The maximum absolute atomic E-state index is 11.8. The summed E-state index contributed by atoms with van der Waals surface area (Å²) in [6.45, 7) is 0.554. The van der Waals surface area contributed by atoms with Crippen molar-refractivity contribution >= 4 is 11.6 Å². The van der Waals surface area contributed by atoms with Gasteiger partial charge in [-0.3, -0.25) is 4.79 Å². The number of fused-ring (bicyclic) bond motifs is 1. The highest BCUT2D eigenvalue weighted by molar-refractivity contribution is 5.91. The molecule has 1 amide bonds. The van der Waals surface area contributed by atoms with Crippen LogP contribution in [0.25, 0.3) is 0 Å². The minimum Gasteiger partial charge on any atom is -0.493 e. The number of rotatable bonds is 5. The Morgan fingerprint density at radius 2 is 1.90 bits per heavy atom. The van der Waals surface area contributed by atoms with E-state index in [9.17, 15) is 4.79 Å². The van der Waals surface area contributed by atoms with Crippen molar-refractivity contribution in [3.05, 3.63) is 48.5 Å². The summed E-state index contributed by atoms with van der Waals surface area (Å²) in [4.78, 5) is 11.8. The molecular formula is C16H15NO4. The van der Waals surface area contributed by atoms with Crippen LogP contribution in [0.2, 0.25) is 0 Å². The number of ether oxygens (including phenoxy) is 3. The Balaban J connectivity index is 1.48. The van der Waals surface area contributed by atoms with Crippen LogP contribution in [0.1, 0.15) is 6.42 Å². The van der Waals surface area contributed by atoms with Crippen LogP contribution in [0.15, 0.2) is 48.5 Å². The number of nitrogens with one attached hydrogen (secondary N) is 1. The van der Waals surface area contributed by atoms with E-state index in [-0.39, 0.29) is 19.1 Å². The molecule has 0 radical (unpaired) electrons. The first-order valence-corrected chi connectivity index (χ1v) is 6.68. The van der Waals surface area contributed by atoms with Crippen molar-refractivity contribution in [2.45, 2.75) is 6.42 Å². The van der Waals surface area contributed by atoms with Gasteiger partial charge >= 0.3 is 0 Å². The molecule has 0 aliphatic carbocycles. The molecule has 0 unspecified atom stereocenters. The zero-order chi connectivity index (χ0) is 14.5. The van der Waals surface area contributed by atoms with E-state index < -0.39 is 0 Å². The highest BCUT2D eigenvalue weighted by Crippen LogP contribution is 2.34. The highest BCUT2D eigenvalue weighted by Gasteiger charge is 2.14. The van der Waals surface area contributed by atoms with Gasteiger partial charge in [0.15, 0.2) is 11.5 Å². The van der Waals surface area contributed by atoms with Crippen LogP contribution >= 0.6 is 0 Å². The van der Waals surface area contributed by atoms with E-state index in [0.717, 1.165) is 5.75 Å². The number of anilines is 1. The minimum absolute atomic E-state index is 0.107. The fraction of sp³-hybridized carbons (Fsp3) is 0.188. The third-order valence-electron chi connectivity index (χ3n) is 3.00. The van der Waals surface area contributed by atoms with Crippen LogP contribution < -0.4 is 19.5 Å². The summed E-state index contributed by atoms with van der Waals surface area (Å²) >= 11 is 0. The number of carbonyl (C=O) groups is 1. The van der Waals surface area contributed by atoms with Gasteiger partial charge in [-0.2, -0.15) is 0 Å².